The zero-order chi connectivity index (χ0) is 15.2. The van der Waals surface area contributed by atoms with Crippen molar-refractivity contribution < 1.29 is 26.3 Å². The highest BCUT2D eigenvalue weighted by molar-refractivity contribution is 7.92. The maximum Gasteiger partial charge on any atom is 0.573 e. The first-order valence-corrected chi connectivity index (χ1v) is 7.38. The Morgan fingerprint density at radius 2 is 1.80 bits per heavy atom. The summed E-state index contributed by atoms with van der Waals surface area (Å²) in [6.07, 6.45) is -4.34. The summed E-state index contributed by atoms with van der Waals surface area (Å²) in [5.74, 6) is -0.482. The van der Waals surface area contributed by atoms with E-state index in [-0.39, 0.29) is 11.4 Å². The predicted octanol–water partition coefficient (Wildman–Crippen LogP) is 1.94. The van der Waals surface area contributed by atoms with Gasteiger partial charge in [0.1, 0.15) is 5.75 Å². The van der Waals surface area contributed by atoms with E-state index < -0.39 is 22.1 Å². The fourth-order valence-corrected chi connectivity index (χ4v) is 2.52. The molecule has 0 aliphatic rings. The van der Waals surface area contributed by atoms with Crippen LogP contribution in [-0.4, -0.2) is 34.1 Å². The Balaban J connectivity index is 2.61. The molecule has 1 aromatic rings. The molecule has 0 aliphatic carbocycles. The summed E-state index contributed by atoms with van der Waals surface area (Å²) in [5, 5.41) is 2.82. The number of hydrogen-bond donors (Lipinski definition) is 2. The Hall–Kier alpha value is -1.48. The van der Waals surface area contributed by atoms with E-state index >= 15 is 0 Å². The fraction of sp³-hybridized carbons (Fsp3) is 0.455. The third-order valence-electron chi connectivity index (χ3n) is 2.20. The average Bonchev–Trinajstić information content (AvgIpc) is 2.30. The molecule has 0 radical (unpaired) electrons. The van der Waals surface area contributed by atoms with Crippen molar-refractivity contribution in [3.8, 4) is 5.75 Å². The summed E-state index contributed by atoms with van der Waals surface area (Å²) in [7, 11) is -1.80. The van der Waals surface area contributed by atoms with E-state index in [1.807, 2.05) is 0 Å². The van der Waals surface area contributed by atoms with E-state index in [0.29, 0.717) is 13.0 Å². The minimum Gasteiger partial charge on any atom is -0.406 e. The number of nitrogens with one attached hydrogen (secondary N) is 2. The minimum absolute atomic E-state index is 0.0748. The molecule has 0 bridgehead atoms. The van der Waals surface area contributed by atoms with Crippen molar-refractivity contribution in [1.29, 1.82) is 0 Å². The van der Waals surface area contributed by atoms with Crippen molar-refractivity contribution in [1.82, 2.24) is 5.32 Å². The van der Waals surface area contributed by atoms with Crippen LogP contribution in [0.2, 0.25) is 0 Å². The first kappa shape index (κ1) is 16.6. The third-order valence-corrected chi connectivity index (χ3v) is 3.57. The highest BCUT2D eigenvalue weighted by Gasteiger charge is 2.30. The molecular weight excluding hydrogens is 297 g/mol. The van der Waals surface area contributed by atoms with Gasteiger partial charge in [-0.3, -0.25) is 4.72 Å². The van der Waals surface area contributed by atoms with Gasteiger partial charge >= 0.3 is 6.36 Å². The quantitative estimate of drug-likeness (QED) is 0.755. The maximum absolute atomic E-state index is 11.9. The Kier molecular flexibility index (Phi) is 5.63. The molecule has 0 spiro atoms. The Bertz CT molecular complexity index is 515. The van der Waals surface area contributed by atoms with Crippen molar-refractivity contribution in [2.24, 2.45) is 0 Å². The van der Waals surface area contributed by atoms with Crippen LogP contribution in [-0.2, 0) is 10.0 Å². The molecule has 9 heteroatoms. The maximum atomic E-state index is 11.9. The van der Waals surface area contributed by atoms with Gasteiger partial charge in [-0.1, -0.05) is 0 Å². The lowest BCUT2D eigenvalue weighted by Crippen LogP contribution is -2.20. The Labute approximate surface area is 115 Å². The lowest BCUT2D eigenvalue weighted by molar-refractivity contribution is -0.274. The zero-order valence-corrected chi connectivity index (χ0v) is 11.5. The molecular formula is C11H15F3N2O3S. The summed E-state index contributed by atoms with van der Waals surface area (Å²) in [4.78, 5) is 0. The largest absolute Gasteiger partial charge is 0.573 e. The number of anilines is 1. The molecule has 0 saturated carbocycles. The van der Waals surface area contributed by atoms with Gasteiger partial charge in [0.15, 0.2) is 0 Å². The lowest BCUT2D eigenvalue weighted by Gasteiger charge is -2.10. The van der Waals surface area contributed by atoms with E-state index in [1.165, 1.54) is 12.1 Å². The van der Waals surface area contributed by atoms with E-state index in [1.54, 1.807) is 7.05 Å². The number of benzene rings is 1. The minimum atomic E-state index is -4.77. The summed E-state index contributed by atoms with van der Waals surface area (Å²) in [6.45, 7) is 0.555. The third kappa shape index (κ3) is 6.62. The summed E-state index contributed by atoms with van der Waals surface area (Å²) >= 11 is 0. The number of ether oxygens (including phenoxy) is 1. The summed E-state index contributed by atoms with van der Waals surface area (Å²) in [6, 6.07) is 4.49. The van der Waals surface area contributed by atoms with Gasteiger partial charge in [-0.2, -0.15) is 0 Å². The molecule has 0 saturated heterocycles. The highest BCUT2D eigenvalue weighted by atomic mass is 32.2. The van der Waals surface area contributed by atoms with E-state index in [0.717, 1.165) is 12.1 Å². The molecule has 1 aromatic carbocycles. The molecule has 2 N–H and O–H groups in total. The van der Waals surface area contributed by atoms with E-state index in [2.05, 4.69) is 14.8 Å². The number of halogens is 3. The van der Waals surface area contributed by atoms with Crippen LogP contribution in [0, 0.1) is 0 Å². The first-order valence-electron chi connectivity index (χ1n) is 5.73. The number of hydrogen-bond acceptors (Lipinski definition) is 4. The summed E-state index contributed by atoms with van der Waals surface area (Å²) < 4.78 is 65.1. The van der Waals surface area contributed by atoms with Gasteiger partial charge in [-0.25, -0.2) is 8.42 Å². The van der Waals surface area contributed by atoms with Crippen molar-refractivity contribution in [2.45, 2.75) is 12.8 Å². The van der Waals surface area contributed by atoms with Crippen LogP contribution in [0.3, 0.4) is 0 Å². The topological polar surface area (TPSA) is 67.4 Å². The van der Waals surface area contributed by atoms with Gasteiger partial charge in [0.25, 0.3) is 0 Å². The molecule has 0 fully saturated rings. The van der Waals surface area contributed by atoms with Crippen molar-refractivity contribution in [2.75, 3.05) is 24.1 Å². The SMILES string of the molecule is CNCCCS(=O)(=O)Nc1ccc(OC(F)(F)F)cc1. The van der Waals surface area contributed by atoms with Crippen LogP contribution in [0.4, 0.5) is 18.9 Å². The number of alkyl halides is 3. The van der Waals surface area contributed by atoms with Gasteiger partial charge in [0.05, 0.1) is 5.75 Å². The van der Waals surface area contributed by atoms with Gasteiger partial charge < -0.3 is 10.1 Å². The second-order valence-electron chi connectivity index (χ2n) is 3.95. The smallest absolute Gasteiger partial charge is 0.406 e. The van der Waals surface area contributed by atoms with E-state index in [9.17, 15) is 21.6 Å². The molecule has 0 aromatic heterocycles. The Morgan fingerprint density at radius 3 is 2.30 bits per heavy atom. The number of sulfonamides is 1. The second-order valence-corrected chi connectivity index (χ2v) is 5.79. The average molecular weight is 312 g/mol. The van der Waals surface area contributed by atoms with Crippen LogP contribution in [0.25, 0.3) is 0 Å². The molecule has 0 heterocycles. The van der Waals surface area contributed by atoms with Crippen LogP contribution in [0.1, 0.15) is 6.42 Å². The monoisotopic (exact) mass is 312 g/mol. The molecule has 1 rings (SSSR count). The standard InChI is InChI=1S/C11H15F3N2O3S/c1-15-7-2-8-20(17,18)16-9-3-5-10(6-4-9)19-11(12,13)14/h3-6,15-16H,2,7-8H2,1H3. The van der Waals surface area contributed by atoms with Gasteiger partial charge in [-0.05, 0) is 44.3 Å². The molecule has 0 atom stereocenters. The first-order chi connectivity index (χ1) is 9.22. The van der Waals surface area contributed by atoms with Crippen molar-refractivity contribution in [3.63, 3.8) is 0 Å². The molecule has 0 unspecified atom stereocenters. The molecule has 20 heavy (non-hydrogen) atoms. The van der Waals surface area contributed by atoms with Crippen molar-refractivity contribution in [3.05, 3.63) is 24.3 Å². The normalized spacial score (nSPS) is 12.2. The molecule has 5 nitrogen and oxygen atoms in total. The fourth-order valence-electron chi connectivity index (χ4n) is 1.39. The van der Waals surface area contributed by atoms with Crippen LogP contribution in [0.15, 0.2) is 24.3 Å². The van der Waals surface area contributed by atoms with Crippen LogP contribution >= 0.6 is 0 Å². The number of rotatable bonds is 7. The molecule has 0 aliphatic heterocycles. The predicted molar refractivity (Wildman–Crippen MR) is 69.1 cm³/mol. The zero-order valence-electron chi connectivity index (χ0n) is 10.7. The van der Waals surface area contributed by atoms with Gasteiger partial charge in [0.2, 0.25) is 10.0 Å². The lowest BCUT2D eigenvalue weighted by atomic mass is 10.3. The highest BCUT2D eigenvalue weighted by Crippen LogP contribution is 2.24. The molecule has 0 amide bonds. The molecule has 114 valence electrons. The van der Waals surface area contributed by atoms with Gasteiger partial charge in [0, 0.05) is 5.69 Å². The van der Waals surface area contributed by atoms with Crippen LogP contribution in [0.5, 0.6) is 5.75 Å². The van der Waals surface area contributed by atoms with Gasteiger partial charge in [-0.15, -0.1) is 13.2 Å². The van der Waals surface area contributed by atoms with Crippen LogP contribution < -0.4 is 14.8 Å². The Morgan fingerprint density at radius 1 is 1.20 bits per heavy atom. The van der Waals surface area contributed by atoms with E-state index in [4.69, 9.17) is 0 Å². The summed E-state index contributed by atoms with van der Waals surface area (Å²) in [5.41, 5.74) is 0.184. The second kappa shape index (κ2) is 6.80. The van der Waals surface area contributed by atoms with Crippen molar-refractivity contribution >= 4 is 15.7 Å².